The Morgan fingerprint density at radius 3 is 2.44 bits per heavy atom. The highest BCUT2D eigenvalue weighted by atomic mass is 32.2. The average molecular weight is 266 g/mol. The van der Waals surface area contributed by atoms with Crippen LogP contribution in [0.3, 0.4) is 0 Å². The van der Waals surface area contributed by atoms with Crippen molar-refractivity contribution in [1.29, 1.82) is 0 Å². The average Bonchev–Trinajstić information content (AvgIpc) is 2.40. The van der Waals surface area contributed by atoms with E-state index in [1.54, 1.807) is 25.1 Å². The normalized spacial score (nSPS) is 11.4. The zero-order valence-electron chi connectivity index (χ0n) is 9.67. The first-order valence-corrected chi connectivity index (χ1v) is 6.85. The number of hydrogen-bond acceptors (Lipinski definition) is 4. The predicted molar refractivity (Wildman–Crippen MR) is 63.3 cm³/mol. The topological polar surface area (TPSA) is 59.9 Å². The molecular formula is C12H11FN2O2S. The van der Waals surface area contributed by atoms with Gasteiger partial charge in [0.15, 0.2) is 10.8 Å². The first kappa shape index (κ1) is 12.6. The lowest BCUT2D eigenvalue weighted by Gasteiger charge is -2.06. The Morgan fingerprint density at radius 1 is 1.17 bits per heavy atom. The van der Waals surface area contributed by atoms with Gasteiger partial charge in [0, 0.05) is 0 Å². The predicted octanol–water partition coefficient (Wildman–Crippen LogP) is 2.01. The van der Waals surface area contributed by atoms with Crippen LogP contribution in [0.1, 0.15) is 12.6 Å². The van der Waals surface area contributed by atoms with Crippen molar-refractivity contribution in [2.45, 2.75) is 23.3 Å². The molecule has 4 nitrogen and oxygen atoms in total. The van der Waals surface area contributed by atoms with Crippen LogP contribution in [0.25, 0.3) is 0 Å². The maximum absolute atomic E-state index is 14.0. The van der Waals surface area contributed by atoms with Crippen LogP contribution in [0.15, 0.2) is 46.6 Å². The maximum atomic E-state index is 14.0. The summed E-state index contributed by atoms with van der Waals surface area (Å²) in [6.07, 6.45) is 1.38. The third-order valence-electron chi connectivity index (χ3n) is 2.47. The third kappa shape index (κ3) is 2.11. The van der Waals surface area contributed by atoms with Gasteiger partial charge >= 0.3 is 0 Å². The lowest BCUT2D eigenvalue weighted by atomic mass is 10.3. The summed E-state index contributed by atoms with van der Waals surface area (Å²) in [6, 6.07) is 7.65. The molecular weight excluding hydrogens is 255 g/mol. The number of sulfone groups is 1. The number of halogens is 1. The van der Waals surface area contributed by atoms with Crippen molar-refractivity contribution in [2.24, 2.45) is 0 Å². The van der Waals surface area contributed by atoms with Crippen molar-refractivity contribution in [3.8, 4) is 0 Å². The first-order chi connectivity index (χ1) is 8.57. The molecule has 0 saturated carbocycles. The highest BCUT2D eigenvalue weighted by Crippen LogP contribution is 2.22. The van der Waals surface area contributed by atoms with E-state index in [-0.39, 0.29) is 10.6 Å². The molecule has 0 amide bonds. The summed E-state index contributed by atoms with van der Waals surface area (Å²) in [5.41, 5.74) is 0.0968. The van der Waals surface area contributed by atoms with Crippen molar-refractivity contribution in [3.63, 3.8) is 0 Å². The van der Waals surface area contributed by atoms with Gasteiger partial charge < -0.3 is 0 Å². The van der Waals surface area contributed by atoms with Gasteiger partial charge in [0.05, 0.1) is 10.6 Å². The van der Waals surface area contributed by atoms with Gasteiger partial charge in [0.1, 0.15) is 6.33 Å². The number of hydrogen-bond donors (Lipinski definition) is 0. The van der Waals surface area contributed by atoms with Crippen LogP contribution in [0.2, 0.25) is 0 Å². The van der Waals surface area contributed by atoms with Crippen LogP contribution in [-0.4, -0.2) is 18.4 Å². The second-order valence-electron chi connectivity index (χ2n) is 3.61. The summed E-state index contributed by atoms with van der Waals surface area (Å²) in [6.45, 7) is 1.70. The van der Waals surface area contributed by atoms with Gasteiger partial charge in [-0.2, -0.15) is 0 Å². The summed E-state index contributed by atoms with van der Waals surface area (Å²) < 4.78 is 38.3. The molecule has 94 valence electrons. The SMILES string of the molecule is CCc1ncnc(S(=O)(=O)c2ccccc2)c1F. The van der Waals surface area contributed by atoms with Crippen molar-refractivity contribution in [2.75, 3.05) is 0 Å². The molecule has 0 fully saturated rings. The Hall–Kier alpha value is -1.82. The van der Waals surface area contributed by atoms with Gasteiger partial charge in [0.2, 0.25) is 9.84 Å². The number of aromatic nitrogens is 2. The Balaban J connectivity index is 2.63. The minimum Gasteiger partial charge on any atom is -0.238 e. The monoisotopic (exact) mass is 266 g/mol. The molecule has 2 rings (SSSR count). The first-order valence-electron chi connectivity index (χ1n) is 5.37. The number of benzene rings is 1. The van der Waals surface area contributed by atoms with Crippen LogP contribution in [0.4, 0.5) is 4.39 Å². The van der Waals surface area contributed by atoms with Crippen molar-refractivity contribution < 1.29 is 12.8 Å². The summed E-state index contributed by atoms with van der Waals surface area (Å²) in [4.78, 5) is 7.29. The lowest BCUT2D eigenvalue weighted by molar-refractivity contribution is 0.535. The number of aryl methyl sites for hydroxylation is 1. The molecule has 0 aliphatic carbocycles. The molecule has 0 radical (unpaired) electrons. The molecule has 1 heterocycles. The van der Waals surface area contributed by atoms with Crippen LogP contribution >= 0.6 is 0 Å². The van der Waals surface area contributed by atoms with E-state index < -0.39 is 20.7 Å². The van der Waals surface area contributed by atoms with E-state index >= 15 is 0 Å². The van der Waals surface area contributed by atoms with E-state index in [1.807, 2.05) is 0 Å². The van der Waals surface area contributed by atoms with Crippen LogP contribution < -0.4 is 0 Å². The Labute approximate surface area is 104 Å². The fourth-order valence-electron chi connectivity index (χ4n) is 1.53. The molecule has 0 atom stereocenters. The molecule has 0 N–H and O–H groups in total. The Morgan fingerprint density at radius 2 is 1.83 bits per heavy atom. The molecule has 1 aromatic heterocycles. The molecule has 0 saturated heterocycles. The Bertz CT molecular complexity index is 657. The number of nitrogens with zero attached hydrogens (tertiary/aromatic N) is 2. The largest absolute Gasteiger partial charge is 0.238 e. The molecule has 2 aromatic rings. The van der Waals surface area contributed by atoms with E-state index in [4.69, 9.17) is 0 Å². The lowest BCUT2D eigenvalue weighted by Crippen LogP contribution is -2.10. The summed E-state index contributed by atoms with van der Waals surface area (Å²) >= 11 is 0. The molecule has 0 aliphatic heterocycles. The van der Waals surface area contributed by atoms with E-state index in [0.29, 0.717) is 6.42 Å². The van der Waals surface area contributed by atoms with Crippen LogP contribution in [-0.2, 0) is 16.3 Å². The highest BCUT2D eigenvalue weighted by molar-refractivity contribution is 7.91. The fraction of sp³-hybridized carbons (Fsp3) is 0.167. The standard InChI is InChI=1S/C12H11FN2O2S/c1-2-10-11(13)12(15-8-14-10)18(16,17)9-6-4-3-5-7-9/h3-8H,2H2,1H3. The fourth-order valence-corrected chi connectivity index (χ4v) is 2.81. The molecule has 18 heavy (non-hydrogen) atoms. The molecule has 0 spiro atoms. The molecule has 1 aromatic carbocycles. The molecule has 0 unspecified atom stereocenters. The summed E-state index contributed by atoms with van der Waals surface area (Å²) in [5.74, 6) is -0.871. The van der Waals surface area contributed by atoms with E-state index in [9.17, 15) is 12.8 Å². The zero-order valence-corrected chi connectivity index (χ0v) is 10.5. The minimum absolute atomic E-state index is 0.0182. The minimum atomic E-state index is -3.93. The number of rotatable bonds is 3. The van der Waals surface area contributed by atoms with Crippen molar-refractivity contribution in [3.05, 3.63) is 48.2 Å². The smallest absolute Gasteiger partial charge is 0.226 e. The van der Waals surface area contributed by atoms with Gasteiger partial charge in [-0.15, -0.1) is 0 Å². The molecule has 0 aliphatic rings. The van der Waals surface area contributed by atoms with Gasteiger partial charge in [0.25, 0.3) is 0 Å². The Kier molecular flexibility index (Phi) is 3.38. The molecule has 6 heteroatoms. The van der Waals surface area contributed by atoms with Gasteiger partial charge in [-0.3, -0.25) is 0 Å². The highest BCUT2D eigenvalue weighted by Gasteiger charge is 2.25. The second-order valence-corrected chi connectivity index (χ2v) is 5.47. The van der Waals surface area contributed by atoms with Crippen molar-refractivity contribution in [1.82, 2.24) is 9.97 Å². The second kappa shape index (κ2) is 4.81. The van der Waals surface area contributed by atoms with E-state index in [1.165, 1.54) is 12.1 Å². The third-order valence-corrected chi connectivity index (χ3v) is 4.16. The molecule has 0 bridgehead atoms. The maximum Gasteiger partial charge on any atom is 0.226 e. The summed E-state index contributed by atoms with van der Waals surface area (Å²) in [5, 5.41) is -0.569. The van der Waals surface area contributed by atoms with Crippen LogP contribution in [0, 0.1) is 5.82 Å². The van der Waals surface area contributed by atoms with E-state index in [0.717, 1.165) is 6.33 Å². The quantitative estimate of drug-likeness (QED) is 0.797. The van der Waals surface area contributed by atoms with Crippen molar-refractivity contribution >= 4 is 9.84 Å². The van der Waals surface area contributed by atoms with Gasteiger partial charge in [-0.1, -0.05) is 25.1 Å². The van der Waals surface area contributed by atoms with E-state index in [2.05, 4.69) is 9.97 Å². The van der Waals surface area contributed by atoms with Crippen LogP contribution in [0.5, 0.6) is 0 Å². The van der Waals surface area contributed by atoms with Gasteiger partial charge in [-0.05, 0) is 18.6 Å². The van der Waals surface area contributed by atoms with Gasteiger partial charge in [-0.25, -0.2) is 22.8 Å². The summed E-state index contributed by atoms with van der Waals surface area (Å²) in [7, 11) is -3.93. The zero-order chi connectivity index (χ0) is 13.2.